The van der Waals surface area contributed by atoms with E-state index in [0.717, 1.165) is 24.3 Å². The highest BCUT2D eigenvalue weighted by Gasteiger charge is 2.09. The molecule has 2 atom stereocenters. The minimum Gasteiger partial charge on any atom is -0.259 e. The van der Waals surface area contributed by atoms with Gasteiger partial charge in [-0.3, -0.25) is 4.21 Å². The third-order valence-electron chi connectivity index (χ3n) is 3.08. The van der Waals surface area contributed by atoms with Crippen molar-refractivity contribution in [1.29, 1.82) is 0 Å². The summed E-state index contributed by atoms with van der Waals surface area (Å²) in [6.45, 7) is 0. The van der Waals surface area contributed by atoms with E-state index in [1.54, 1.807) is 0 Å². The number of hydrogen-bond acceptors (Lipinski definition) is 2. The molecule has 2 nitrogen and oxygen atoms in total. The molecule has 0 saturated carbocycles. The monoisotopic (exact) mass is 388 g/mol. The van der Waals surface area contributed by atoms with Gasteiger partial charge < -0.3 is 0 Å². The Balaban J connectivity index is 1.90. The lowest BCUT2D eigenvalue weighted by Gasteiger charge is -2.03. The second-order valence-corrected chi connectivity index (χ2v) is 8.07. The maximum Gasteiger partial charge on any atom is 0.141 e. The molecule has 2 aromatic rings. The van der Waals surface area contributed by atoms with Crippen LogP contribution in [0.1, 0.15) is 11.1 Å². The summed E-state index contributed by atoms with van der Waals surface area (Å²) >= 11 is 0. The fourth-order valence-corrected chi connectivity index (χ4v) is 4.19. The van der Waals surface area contributed by atoms with E-state index in [-0.39, 0.29) is 28.4 Å². The van der Waals surface area contributed by atoms with Crippen LogP contribution in [0.2, 0.25) is 0 Å². The number of hydrogen-bond donors (Lipinski definition) is 0. The molecule has 0 spiro atoms. The van der Waals surface area contributed by atoms with Crippen molar-refractivity contribution in [2.45, 2.75) is 6.42 Å². The van der Waals surface area contributed by atoms with Gasteiger partial charge in [0.15, 0.2) is 0 Å². The van der Waals surface area contributed by atoms with E-state index in [4.69, 9.17) is 0 Å². The maximum atomic E-state index is 13.5. The first-order chi connectivity index (χ1) is 11.8. The molecule has 0 aliphatic heterocycles. The van der Waals surface area contributed by atoms with Crippen molar-refractivity contribution in [3.63, 3.8) is 0 Å². The van der Waals surface area contributed by atoms with Crippen molar-refractivity contribution in [3.05, 3.63) is 70.8 Å². The molecule has 0 fully saturated rings. The highest BCUT2D eigenvalue weighted by Crippen LogP contribution is 2.11. The Bertz CT molecular complexity index is 888. The normalized spacial score (nSPS) is 13.0. The third-order valence-corrected chi connectivity index (χ3v) is 5.98. The standard InChI is InChI=1S/C17H12F4O2S2/c18-14-3-1-12(16(20)9-14)5-7-24(22)11-25(23)8-6-13-2-4-15(19)10-17(13)21/h1-4,9-10H,5,7,11H2. The molecule has 0 aliphatic rings. The van der Waals surface area contributed by atoms with Crippen molar-refractivity contribution >= 4 is 21.6 Å². The van der Waals surface area contributed by atoms with Gasteiger partial charge in [0.05, 0.1) is 5.56 Å². The maximum absolute atomic E-state index is 13.5. The van der Waals surface area contributed by atoms with Gasteiger partial charge in [-0.15, -0.1) is 0 Å². The first-order valence-corrected chi connectivity index (χ1v) is 9.80. The summed E-state index contributed by atoms with van der Waals surface area (Å²) in [7, 11) is -3.35. The Morgan fingerprint density at radius 2 is 1.52 bits per heavy atom. The van der Waals surface area contributed by atoms with Gasteiger partial charge in [-0.05, 0) is 36.1 Å². The van der Waals surface area contributed by atoms with Crippen molar-refractivity contribution in [1.82, 2.24) is 0 Å². The molecule has 0 saturated heterocycles. The van der Waals surface area contributed by atoms with Crippen LogP contribution in [0, 0.1) is 34.4 Å². The van der Waals surface area contributed by atoms with E-state index >= 15 is 0 Å². The lowest BCUT2D eigenvalue weighted by molar-refractivity contribution is 0.573. The van der Waals surface area contributed by atoms with Gasteiger partial charge in [-0.1, -0.05) is 6.07 Å². The minimum absolute atomic E-state index is 0.0287. The lowest BCUT2D eigenvalue weighted by Crippen LogP contribution is -2.09. The van der Waals surface area contributed by atoms with Crippen LogP contribution < -0.4 is 0 Å². The topological polar surface area (TPSA) is 34.1 Å². The fraction of sp³-hybridized carbons (Fsp3) is 0.176. The Morgan fingerprint density at radius 1 is 0.880 bits per heavy atom. The number of rotatable bonds is 5. The summed E-state index contributed by atoms with van der Waals surface area (Å²) in [6.07, 6.45) is 0.0932. The third kappa shape index (κ3) is 6.11. The lowest BCUT2D eigenvalue weighted by atomic mass is 10.1. The molecular formula is C17H12F4O2S2. The van der Waals surface area contributed by atoms with Crippen molar-refractivity contribution in [3.8, 4) is 11.2 Å². The Kier molecular flexibility index (Phi) is 6.91. The van der Waals surface area contributed by atoms with Gasteiger partial charge in [0, 0.05) is 33.9 Å². The highest BCUT2D eigenvalue weighted by atomic mass is 32.2. The molecule has 0 aromatic heterocycles. The van der Waals surface area contributed by atoms with Gasteiger partial charge >= 0.3 is 0 Å². The molecular weight excluding hydrogens is 376 g/mol. The van der Waals surface area contributed by atoms with Crippen LogP contribution in [0.4, 0.5) is 17.6 Å². The van der Waals surface area contributed by atoms with Gasteiger partial charge in [0.25, 0.3) is 0 Å². The predicted octanol–water partition coefficient (Wildman–Crippen LogP) is 3.25. The summed E-state index contributed by atoms with van der Waals surface area (Å²) < 4.78 is 76.0. The second-order valence-electron chi connectivity index (χ2n) is 4.94. The molecule has 0 radical (unpaired) electrons. The summed E-state index contributed by atoms with van der Waals surface area (Å²) in [4.78, 5) is 0. The quantitative estimate of drug-likeness (QED) is 0.582. The van der Waals surface area contributed by atoms with Crippen molar-refractivity contribution in [2.75, 3.05) is 10.8 Å². The molecule has 0 aliphatic carbocycles. The fourth-order valence-electron chi connectivity index (χ4n) is 1.86. The van der Waals surface area contributed by atoms with Crippen LogP contribution in [0.3, 0.4) is 0 Å². The average molecular weight is 388 g/mol. The molecule has 8 heteroatoms. The SMILES string of the molecule is O=S(C#Cc1ccc(F)cc1F)CS(=O)CCc1ccc(F)cc1F. The molecule has 0 bridgehead atoms. The molecule has 25 heavy (non-hydrogen) atoms. The molecule has 0 N–H and O–H groups in total. The zero-order valence-electron chi connectivity index (χ0n) is 12.7. The van der Waals surface area contributed by atoms with Crippen LogP contribution in [-0.4, -0.2) is 19.3 Å². The average Bonchev–Trinajstić information content (AvgIpc) is 2.53. The molecule has 2 aromatic carbocycles. The molecule has 0 amide bonds. The van der Waals surface area contributed by atoms with Gasteiger partial charge in [-0.25, -0.2) is 21.8 Å². The summed E-state index contributed by atoms with van der Waals surface area (Å²) in [5.74, 6) is -0.728. The number of halogens is 4. The molecule has 2 rings (SSSR count). The van der Waals surface area contributed by atoms with Crippen LogP contribution in [0.15, 0.2) is 36.4 Å². The molecule has 2 unspecified atom stereocenters. The van der Waals surface area contributed by atoms with Gasteiger partial charge in [0.1, 0.15) is 39.2 Å². The van der Waals surface area contributed by atoms with Gasteiger partial charge in [0.2, 0.25) is 0 Å². The van der Waals surface area contributed by atoms with E-state index in [0.29, 0.717) is 6.07 Å². The van der Waals surface area contributed by atoms with Crippen LogP contribution in [-0.2, 0) is 28.0 Å². The first kappa shape index (κ1) is 19.3. The van der Waals surface area contributed by atoms with E-state index in [1.807, 2.05) is 0 Å². The van der Waals surface area contributed by atoms with E-state index in [2.05, 4.69) is 11.2 Å². The van der Waals surface area contributed by atoms with E-state index < -0.39 is 44.9 Å². The Labute approximate surface area is 147 Å². The number of aryl methyl sites for hydroxylation is 1. The largest absolute Gasteiger partial charge is 0.259 e. The van der Waals surface area contributed by atoms with Gasteiger partial charge in [-0.2, -0.15) is 0 Å². The predicted molar refractivity (Wildman–Crippen MR) is 89.3 cm³/mol. The Hall–Kier alpha value is -1.98. The van der Waals surface area contributed by atoms with Crippen molar-refractivity contribution in [2.24, 2.45) is 0 Å². The summed E-state index contributed by atoms with van der Waals surface area (Å²) in [6, 6.07) is 5.88. The number of benzene rings is 2. The van der Waals surface area contributed by atoms with E-state index in [1.165, 1.54) is 6.07 Å². The minimum atomic E-state index is -1.81. The Morgan fingerprint density at radius 3 is 2.16 bits per heavy atom. The molecule has 132 valence electrons. The molecule has 0 heterocycles. The first-order valence-electron chi connectivity index (χ1n) is 6.99. The van der Waals surface area contributed by atoms with Crippen LogP contribution >= 0.6 is 0 Å². The van der Waals surface area contributed by atoms with E-state index in [9.17, 15) is 26.0 Å². The smallest absolute Gasteiger partial charge is 0.141 e. The highest BCUT2D eigenvalue weighted by molar-refractivity contribution is 8.04. The second kappa shape index (κ2) is 8.92. The van der Waals surface area contributed by atoms with Crippen LogP contribution in [0.25, 0.3) is 0 Å². The zero-order chi connectivity index (χ0) is 18.4. The van der Waals surface area contributed by atoms with Crippen LogP contribution in [0.5, 0.6) is 0 Å². The summed E-state index contributed by atoms with van der Waals surface area (Å²) in [5, 5.41) is 1.97. The summed E-state index contributed by atoms with van der Waals surface area (Å²) in [5.41, 5.74) is 0.0916. The van der Waals surface area contributed by atoms with Crippen molar-refractivity contribution < 1.29 is 26.0 Å². The zero-order valence-corrected chi connectivity index (χ0v) is 14.4.